The van der Waals surface area contributed by atoms with Crippen LogP contribution in [0, 0.1) is 0 Å². The van der Waals surface area contributed by atoms with Crippen molar-refractivity contribution in [2.45, 2.75) is 6.54 Å². The third-order valence-electron chi connectivity index (χ3n) is 2.65. The van der Waals surface area contributed by atoms with E-state index < -0.39 is 5.97 Å². The van der Waals surface area contributed by atoms with Gasteiger partial charge in [-0.1, -0.05) is 16.8 Å². The summed E-state index contributed by atoms with van der Waals surface area (Å²) in [6.45, 7) is 0.547. The Morgan fingerprint density at radius 2 is 2.32 bits per heavy atom. The maximum atomic E-state index is 11.5. The maximum absolute atomic E-state index is 11.5. The number of hydrogen-bond acceptors (Lipinski definition) is 5. The molecular formula is C12H13ClN4O2. The third-order valence-corrected chi connectivity index (χ3v) is 2.98. The number of nitrogens with one attached hydrogen (secondary N) is 1. The van der Waals surface area contributed by atoms with E-state index in [9.17, 15) is 4.79 Å². The Hall–Kier alpha value is -2.08. The Labute approximate surface area is 115 Å². The predicted molar refractivity (Wildman–Crippen MR) is 71.1 cm³/mol. The highest BCUT2D eigenvalue weighted by atomic mass is 35.5. The van der Waals surface area contributed by atoms with Gasteiger partial charge in [0.2, 0.25) is 0 Å². The van der Waals surface area contributed by atoms with E-state index in [-0.39, 0.29) is 0 Å². The number of aromatic nitrogens is 3. The summed E-state index contributed by atoms with van der Waals surface area (Å²) in [6.07, 6.45) is 1.67. The largest absolute Gasteiger partial charge is 0.465 e. The molecule has 0 atom stereocenters. The van der Waals surface area contributed by atoms with E-state index in [2.05, 4.69) is 20.4 Å². The minimum absolute atomic E-state index is 0.331. The van der Waals surface area contributed by atoms with E-state index >= 15 is 0 Å². The molecule has 19 heavy (non-hydrogen) atoms. The van der Waals surface area contributed by atoms with Gasteiger partial charge in [0.1, 0.15) is 0 Å². The first kappa shape index (κ1) is 13.4. The Balaban J connectivity index is 2.13. The highest BCUT2D eigenvalue weighted by Crippen LogP contribution is 2.21. The van der Waals surface area contributed by atoms with E-state index in [4.69, 9.17) is 11.6 Å². The van der Waals surface area contributed by atoms with Crippen LogP contribution in [-0.4, -0.2) is 28.1 Å². The SMILES string of the molecule is COC(=O)c1cc(NCc2cnnn2C)ccc1Cl. The van der Waals surface area contributed by atoms with Crippen LogP contribution in [0.5, 0.6) is 0 Å². The van der Waals surface area contributed by atoms with Gasteiger partial charge < -0.3 is 10.1 Å². The smallest absolute Gasteiger partial charge is 0.339 e. The summed E-state index contributed by atoms with van der Waals surface area (Å²) in [4.78, 5) is 11.5. The fourth-order valence-electron chi connectivity index (χ4n) is 1.57. The van der Waals surface area contributed by atoms with E-state index in [0.717, 1.165) is 11.4 Å². The van der Waals surface area contributed by atoms with Gasteiger partial charge in [-0.2, -0.15) is 0 Å². The number of esters is 1. The van der Waals surface area contributed by atoms with E-state index in [1.165, 1.54) is 7.11 Å². The third kappa shape index (κ3) is 3.03. The summed E-state index contributed by atoms with van der Waals surface area (Å²) in [7, 11) is 3.13. The number of carbonyl (C=O) groups is 1. The Morgan fingerprint density at radius 1 is 1.53 bits per heavy atom. The molecule has 0 amide bonds. The number of nitrogens with zero attached hydrogens (tertiary/aromatic N) is 3. The molecule has 7 heteroatoms. The average molecular weight is 281 g/mol. The fraction of sp³-hybridized carbons (Fsp3) is 0.250. The number of anilines is 1. The molecule has 2 aromatic rings. The van der Waals surface area contributed by atoms with Gasteiger partial charge in [0.25, 0.3) is 0 Å². The number of methoxy groups -OCH3 is 1. The molecule has 1 aromatic carbocycles. The molecule has 1 heterocycles. The fourth-order valence-corrected chi connectivity index (χ4v) is 1.76. The zero-order chi connectivity index (χ0) is 13.8. The quantitative estimate of drug-likeness (QED) is 0.866. The second-order valence-electron chi connectivity index (χ2n) is 3.89. The number of carbonyl (C=O) groups excluding carboxylic acids is 1. The molecule has 0 aliphatic heterocycles. The van der Waals surface area contributed by atoms with Crippen molar-refractivity contribution in [3.63, 3.8) is 0 Å². The molecule has 0 saturated heterocycles. The van der Waals surface area contributed by atoms with Crippen molar-refractivity contribution in [2.24, 2.45) is 7.05 Å². The van der Waals surface area contributed by atoms with Gasteiger partial charge in [-0.25, -0.2) is 4.79 Å². The van der Waals surface area contributed by atoms with Gasteiger partial charge >= 0.3 is 5.97 Å². The number of hydrogen-bond donors (Lipinski definition) is 1. The van der Waals surface area contributed by atoms with Crippen molar-refractivity contribution in [3.05, 3.63) is 40.7 Å². The normalized spacial score (nSPS) is 10.3. The predicted octanol–water partition coefficient (Wildman–Crippen LogP) is 1.87. The number of halogens is 1. The molecular weight excluding hydrogens is 268 g/mol. The summed E-state index contributed by atoms with van der Waals surface area (Å²) in [6, 6.07) is 5.09. The van der Waals surface area contributed by atoms with Gasteiger partial charge in [0.15, 0.2) is 0 Å². The first-order valence-electron chi connectivity index (χ1n) is 5.57. The van der Waals surface area contributed by atoms with Gasteiger partial charge in [-0.05, 0) is 18.2 Å². The summed E-state index contributed by atoms with van der Waals surface area (Å²) >= 11 is 5.94. The lowest BCUT2D eigenvalue weighted by molar-refractivity contribution is 0.0601. The first-order valence-corrected chi connectivity index (χ1v) is 5.95. The van der Waals surface area contributed by atoms with E-state index in [0.29, 0.717) is 17.1 Å². The van der Waals surface area contributed by atoms with Gasteiger partial charge in [-0.3, -0.25) is 4.68 Å². The monoisotopic (exact) mass is 280 g/mol. The van der Waals surface area contributed by atoms with Crippen LogP contribution in [-0.2, 0) is 18.3 Å². The molecule has 1 aromatic heterocycles. The lowest BCUT2D eigenvalue weighted by Gasteiger charge is -2.08. The van der Waals surface area contributed by atoms with Crippen LogP contribution < -0.4 is 5.32 Å². The van der Waals surface area contributed by atoms with Crippen molar-refractivity contribution in [1.29, 1.82) is 0 Å². The second kappa shape index (κ2) is 5.71. The molecule has 0 unspecified atom stereocenters. The lowest BCUT2D eigenvalue weighted by atomic mass is 10.2. The lowest BCUT2D eigenvalue weighted by Crippen LogP contribution is -2.07. The Bertz CT molecular complexity index is 597. The van der Waals surface area contributed by atoms with Crippen molar-refractivity contribution >= 4 is 23.3 Å². The zero-order valence-corrected chi connectivity index (χ0v) is 11.3. The van der Waals surface area contributed by atoms with E-state index in [1.54, 1.807) is 29.1 Å². The summed E-state index contributed by atoms with van der Waals surface area (Å²) in [5, 5.41) is 11.1. The summed E-state index contributed by atoms with van der Waals surface area (Å²) in [5.74, 6) is -0.462. The van der Waals surface area contributed by atoms with Crippen LogP contribution in [0.25, 0.3) is 0 Å². The second-order valence-corrected chi connectivity index (χ2v) is 4.30. The van der Waals surface area contributed by atoms with Crippen LogP contribution in [0.3, 0.4) is 0 Å². The molecule has 0 radical (unpaired) electrons. The van der Waals surface area contributed by atoms with Crippen LogP contribution in [0.2, 0.25) is 5.02 Å². The van der Waals surface area contributed by atoms with Crippen LogP contribution >= 0.6 is 11.6 Å². The number of rotatable bonds is 4. The molecule has 100 valence electrons. The zero-order valence-electron chi connectivity index (χ0n) is 10.6. The molecule has 2 rings (SSSR count). The Kier molecular flexibility index (Phi) is 4.01. The molecule has 0 fully saturated rings. The minimum atomic E-state index is -0.462. The number of ether oxygens (including phenoxy) is 1. The van der Waals surface area contributed by atoms with Crippen molar-refractivity contribution in [3.8, 4) is 0 Å². The number of benzene rings is 1. The highest BCUT2D eigenvalue weighted by Gasteiger charge is 2.11. The van der Waals surface area contributed by atoms with Gasteiger partial charge in [0.05, 0.1) is 36.1 Å². The number of aryl methyl sites for hydroxylation is 1. The van der Waals surface area contributed by atoms with Crippen molar-refractivity contribution in [2.75, 3.05) is 12.4 Å². The van der Waals surface area contributed by atoms with Crippen LogP contribution in [0.4, 0.5) is 5.69 Å². The molecule has 1 N–H and O–H groups in total. The summed E-state index contributed by atoms with van der Waals surface area (Å²) < 4.78 is 6.34. The van der Waals surface area contributed by atoms with Gasteiger partial charge in [0, 0.05) is 12.7 Å². The van der Waals surface area contributed by atoms with Crippen molar-refractivity contribution < 1.29 is 9.53 Å². The first-order chi connectivity index (χ1) is 9.11. The summed E-state index contributed by atoms with van der Waals surface area (Å²) in [5.41, 5.74) is 2.03. The average Bonchev–Trinajstić information content (AvgIpc) is 2.82. The van der Waals surface area contributed by atoms with E-state index in [1.807, 2.05) is 7.05 Å². The highest BCUT2D eigenvalue weighted by molar-refractivity contribution is 6.33. The molecule has 6 nitrogen and oxygen atoms in total. The molecule has 0 aliphatic rings. The molecule has 0 aliphatic carbocycles. The van der Waals surface area contributed by atoms with Gasteiger partial charge in [-0.15, -0.1) is 5.10 Å². The molecule has 0 bridgehead atoms. The topological polar surface area (TPSA) is 69.0 Å². The maximum Gasteiger partial charge on any atom is 0.339 e. The van der Waals surface area contributed by atoms with Crippen LogP contribution in [0.1, 0.15) is 16.1 Å². The minimum Gasteiger partial charge on any atom is -0.465 e. The standard InChI is InChI=1S/C12H13ClN4O2/c1-17-9(7-15-16-17)6-14-8-3-4-11(13)10(5-8)12(18)19-2/h3-5,7,14H,6H2,1-2H3. The van der Waals surface area contributed by atoms with Crippen LogP contribution in [0.15, 0.2) is 24.4 Å². The molecule has 0 saturated carbocycles. The Morgan fingerprint density at radius 3 is 2.95 bits per heavy atom. The molecule has 0 spiro atoms. The van der Waals surface area contributed by atoms with Crippen molar-refractivity contribution in [1.82, 2.24) is 15.0 Å².